The van der Waals surface area contributed by atoms with Crippen molar-refractivity contribution in [2.75, 3.05) is 26.2 Å². The molecule has 15 heavy (non-hydrogen) atoms. The van der Waals surface area contributed by atoms with Gasteiger partial charge >= 0.3 is 0 Å². The third-order valence-corrected chi connectivity index (χ3v) is 2.79. The summed E-state index contributed by atoms with van der Waals surface area (Å²) in [7, 11) is 0. The lowest BCUT2D eigenvalue weighted by molar-refractivity contribution is -0.0489. The van der Waals surface area contributed by atoms with E-state index in [1.165, 1.54) is 0 Å². The first kappa shape index (κ1) is 12.9. The number of rotatable bonds is 3. The maximum Gasteiger partial charge on any atom is 0.0674 e. The first-order valence-corrected chi connectivity index (χ1v) is 5.99. The molecule has 1 saturated heterocycles. The minimum atomic E-state index is 0.223. The summed E-state index contributed by atoms with van der Waals surface area (Å²) < 4.78 is 5.61. The summed E-state index contributed by atoms with van der Waals surface area (Å²) in [6.07, 6.45) is 0.385. The first-order chi connectivity index (χ1) is 6.88. The molecule has 0 spiro atoms. The van der Waals surface area contributed by atoms with Gasteiger partial charge in [-0.3, -0.25) is 4.90 Å². The van der Waals surface area contributed by atoms with Crippen molar-refractivity contribution < 1.29 is 4.74 Å². The molecule has 0 saturated carbocycles. The van der Waals surface area contributed by atoms with E-state index in [2.05, 4.69) is 44.8 Å². The van der Waals surface area contributed by atoms with E-state index in [1.807, 2.05) is 0 Å². The molecule has 0 aromatic heterocycles. The first-order valence-electron chi connectivity index (χ1n) is 5.99. The number of nitrogens with zero attached hydrogens (tertiary/aromatic N) is 1. The summed E-state index contributed by atoms with van der Waals surface area (Å²) in [5, 5.41) is 3.52. The van der Waals surface area contributed by atoms with Crippen LogP contribution in [-0.2, 0) is 4.74 Å². The third-order valence-electron chi connectivity index (χ3n) is 2.79. The van der Waals surface area contributed by atoms with Gasteiger partial charge in [0.05, 0.1) is 12.7 Å². The molecule has 3 heteroatoms. The van der Waals surface area contributed by atoms with Crippen molar-refractivity contribution in [1.29, 1.82) is 0 Å². The van der Waals surface area contributed by atoms with Crippen LogP contribution < -0.4 is 5.32 Å². The summed E-state index contributed by atoms with van der Waals surface area (Å²) in [5.41, 5.74) is 0.223. The highest BCUT2D eigenvalue weighted by molar-refractivity contribution is 4.77. The molecule has 0 aromatic rings. The van der Waals surface area contributed by atoms with Crippen LogP contribution in [0.2, 0.25) is 0 Å². The van der Waals surface area contributed by atoms with Crippen molar-refractivity contribution in [3.05, 3.63) is 0 Å². The fraction of sp³-hybridized carbons (Fsp3) is 1.00. The Morgan fingerprint density at radius 1 is 1.33 bits per heavy atom. The SMILES string of the molecule is CC1CN(CCNC(C)(C)C)C(C)CO1. The summed E-state index contributed by atoms with van der Waals surface area (Å²) in [6, 6.07) is 0.558. The number of hydrogen-bond acceptors (Lipinski definition) is 3. The summed E-state index contributed by atoms with van der Waals surface area (Å²) >= 11 is 0. The maximum atomic E-state index is 5.61. The Morgan fingerprint density at radius 2 is 2.00 bits per heavy atom. The number of hydrogen-bond donors (Lipinski definition) is 1. The quantitative estimate of drug-likeness (QED) is 0.770. The van der Waals surface area contributed by atoms with Gasteiger partial charge in [0.15, 0.2) is 0 Å². The van der Waals surface area contributed by atoms with Gasteiger partial charge in [-0.15, -0.1) is 0 Å². The van der Waals surface area contributed by atoms with Crippen LogP contribution in [-0.4, -0.2) is 48.8 Å². The molecule has 0 radical (unpaired) electrons. The molecular weight excluding hydrogens is 188 g/mol. The molecule has 1 heterocycles. The van der Waals surface area contributed by atoms with E-state index in [1.54, 1.807) is 0 Å². The summed E-state index contributed by atoms with van der Waals surface area (Å²) in [5.74, 6) is 0. The van der Waals surface area contributed by atoms with Gasteiger partial charge in [-0.2, -0.15) is 0 Å². The minimum absolute atomic E-state index is 0.223. The van der Waals surface area contributed by atoms with Crippen LogP contribution in [0.3, 0.4) is 0 Å². The van der Waals surface area contributed by atoms with Crippen molar-refractivity contribution in [3.63, 3.8) is 0 Å². The largest absolute Gasteiger partial charge is 0.376 e. The number of ether oxygens (including phenoxy) is 1. The second-order valence-electron chi connectivity index (χ2n) is 5.66. The molecule has 1 fully saturated rings. The summed E-state index contributed by atoms with van der Waals surface area (Å²) in [4.78, 5) is 2.51. The highest BCUT2D eigenvalue weighted by Crippen LogP contribution is 2.10. The molecule has 1 aliphatic rings. The van der Waals surface area contributed by atoms with Crippen LogP contribution in [0.5, 0.6) is 0 Å². The smallest absolute Gasteiger partial charge is 0.0674 e. The van der Waals surface area contributed by atoms with Crippen LogP contribution in [0.1, 0.15) is 34.6 Å². The zero-order chi connectivity index (χ0) is 11.5. The molecule has 0 amide bonds. The molecule has 2 atom stereocenters. The molecule has 1 N–H and O–H groups in total. The van der Waals surface area contributed by atoms with Gasteiger partial charge in [0.1, 0.15) is 0 Å². The minimum Gasteiger partial charge on any atom is -0.376 e. The van der Waals surface area contributed by atoms with Gasteiger partial charge in [0, 0.05) is 31.2 Å². The van der Waals surface area contributed by atoms with E-state index in [4.69, 9.17) is 4.74 Å². The highest BCUT2D eigenvalue weighted by Gasteiger charge is 2.23. The zero-order valence-electron chi connectivity index (χ0n) is 10.8. The lowest BCUT2D eigenvalue weighted by atomic mass is 10.1. The highest BCUT2D eigenvalue weighted by atomic mass is 16.5. The van der Waals surface area contributed by atoms with Crippen molar-refractivity contribution in [2.45, 2.75) is 52.3 Å². The fourth-order valence-electron chi connectivity index (χ4n) is 1.86. The van der Waals surface area contributed by atoms with Crippen molar-refractivity contribution in [1.82, 2.24) is 10.2 Å². The Labute approximate surface area is 94.2 Å². The topological polar surface area (TPSA) is 24.5 Å². The monoisotopic (exact) mass is 214 g/mol. The van der Waals surface area contributed by atoms with Gasteiger partial charge in [0.25, 0.3) is 0 Å². The maximum absolute atomic E-state index is 5.61. The molecule has 3 nitrogen and oxygen atoms in total. The van der Waals surface area contributed by atoms with Gasteiger partial charge in [0.2, 0.25) is 0 Å². The van der Waals surface area contributed by atoms with Gasteiger partial charge in [-0.05, 0) is 34.6 Å². The second-order valence-corrected chi connectivity index (χ2v) is 5.66. The van der Waals surface area contributed by atoms with Crippen molar-refractivity contribution >= 4 is 0 Å². The number of nitrogens with one attached hydrogen (secondary N) is 1. The molecular formula is C12H26N2O. The second kappa shape index (κ2) is 5.28. The Hall–Kier alpha value is -0.120. The standard InChI is InChI=1S/C12H26N2O/c1-10-9-15-11(2)8-14(10)7-6-13-12(3,4)5/h10-11,13H,6-9H2,1-5H3. The van der Waals surface area contributed by atoms with Crippen LogP contribution in [0.4, 0.5) is 0 Å². The Morgan fingerprint density at radius 3 is 2.60 bits per heavy atom. The third kappa shape index (κ3) is 4.96. The van der Waals surface area contributed by atoms with E-state index in [0.29, 0.717) is 12.1 Å². The molecule has 0 aromatic carbocycles. The Kier molecular flexibility index (Phi) is 4.56. The van der Waals surface area contributed by atoms with E-state index in [9.17, 15) is 0 Å². The molecule has 1 aliphatic heterocycles. The lowest BCUT2D eigenvalue weighted by Gasteiger charge is -2.37. The average molecular weight is 214 g/mol. The van der Waals surface area contributed by atoms with E-state index in [-0.39, 0.29) is 5.54 Å². The molecule has 1 rings (SSSR count). The van der Waals surface area contributed by atoms with Crippen LogP contribution >= 0.6 is 0 Å². The van der Waals surface area contributed by atoms with Crippen molar-refractivity contribution in [2.24, 2.45) is 0 Å². The van der Waals surface area contributed by atoms with Gasteiger partial charge in [-0.1, -0.05) is 0 Å². The van der Waals surface area contributed by atoms with Crippen molar-refractivity contribution in [3.8, 4) is 0 Å². The van der Waals surface area contributed by atoms with E-state index in [0.717, 1.165) is 26.2 Å². The molecule has 2 unspecified atom stereocenters. The lowest BCUT2D eigenvalue weighted by Crippen LogP contribution is -2.50. The predicted octanol–water partition coefficient (Wildman–Crippen LogP) is 1.48. The fourth-order valence-corrected chi connectivity index (χ4v) is 1.86. The van der Waals surface area contributed by atoms with Gasteiger partial charge in [-0.25, -0.2) is 0 Å². The summed E-state index contributed by atoms with van der Waals surface area (Å²) in [6.45, 7) is 15.1. The average Bonchev–Trinajstić information content (AvgIpc) is 2.09. The molecule has 0 bridgehead atoms. The van der Waals surface area contributed by atoms with Gasteiger partial charge < -0.3 is 10.1 Å². The zero-order valence-corrected chi connectivity index (χ0v) is 10.8. The Balaban J connectivity index is 2.24. The van der Waals surface area contributed by atoms with Crippen LogP contribution in [0.25, 0.3) is 0 Å². The Bertz CT molecular complexity index is 189. The van der Waals surface area contributed by atoms with E-state index < -0.39 is 0 Å². The van der Waals surface area contributed by atoms with Crippen LogP contribution in [0, 0.1) is 0 Å². The molecule has 90 valence electrons. The number of morpholine rings is 1. The predicted molar refractivity (Wildman–Crippen MR) is 64.2 cm³/mol. The van der Waals surface area contributed by atoms with E-state index >= 15 is 0 Å². The normalized spacial score (nSPS) is 29.4. The van der Waals surface area contributed by atoms with Crippen LogP contribution in [0.15, 0.2) is 0 Å². The molecule has 0 aliphatic carbocycles.